The molecular formula is C22H36O3S. The fraction of sp³-hybridized carbons (Fsp3) is 0.864. The molecule has 2 aliphatic heterocycles. The Labute approximate surface area is 163 Å². The maximum Gasteiger partial charge on any atom is 0.303 e. The summed E-state index contributed by atoms with van der Waals surface area (Å²) in [5.74, 6) is 1.64. The smallest absolute Gasteiger partial charge is 0.303 e. The number of aliphatic carboxylic acids is 1. The molecule has 0 radical (unpaired) electrons. The summed E-state index contributed by atoms with van der Waals surface area (Å²) in [5.41, 5.74) is 0. The Morgan fingerprint density at radius 2 is 1.81 bits per heavy atom. The number of carboxylic acid groups (broad SMARTS) is 1. The first-order valence-electron chi connectivity index (χ1n) is 10.8. The maximum absolute atomic E-state index is 10.6. The lowest BCUT2D eigenvalue weighted by Gasteiger charge is -2.30. The first-order chi connectivity index (χ1) is 12.6. The molecule has 2 bridgehead atoms. The molecule has 2 saturated heterocycles. The van der Waals surface area contributed by atoms with Gasteiger partial charge in [0, 0.05) is 16.9 Å². The van der Waals surface area contributed by atoms with Crippen LogP contribution in [-0.4, -0.2) is 32.8 Å². The average molecular weight is 381 g/mol. The van der Waals surface area contributed by atoms with Gasteiger partial charge in [-0.15, -0.1) is 0 Å². The fourth-order valence-electron chi connectivity index (χ4n) is 5.47. The van der Waals surface area contributed by atoms with Crippen LogP contribution in [0.3, 0.4) is 0 Å². The van der Waals surface area contributed by atoms with Gasteiger partial charge in [0.2, 0.25) is 0 Å². The number of rotatable bonds is 11. The zero-order valence-electron chi connectivity index (χ0n) is 16.0. The molecule has 1 unspecified atom stereocenters. The van der Waals surface area contributed by atoms with E-state index < -0.39 is 5.97 Å². The third-order valence-electron chi connectivity index (χ3n) is 6.84. The van der Waals surface area contributed by atoms with Crippen LogP contribution in [0.1, 0.15) is 83.5 Å². The second-order valence-electron chi connectivity index (χ2n) is 8.73. The Kier molecular flexibility index (Phi) is 7.92. The van der Waals surface area contributed by atoms with Crippen molar-refractivity contribution in [1.82, 2.24) is 0 Å². The van der Waals surface area contributed by atoms with E-state index in [1.807, 2.05) is 0 Å². The first-order valence-corrected chi connectivity index (χ1v) is 11.8. The van der Waals surface area contributed by atoms with E-state index >= 15 is 0 Å². The van der Waals surface area contributed by atoms with Crippen LogP contribution in [0.25, 0.3) is 0 Å². The van der Waals surface area contributed by atoms with E-state index in [1.54, 1.807) is 0 Å². The number of unbranched alkanes of at least 4 members (excludes halogenated alkanes) is 1. The summed E-state index contributed by atoms with van der Waals surface area (Å²) in [5, 5.41) is 20.8. The molecule has 2 heterocycles. The van der Waals surface area contributed by atoms with Crippen molar-refractivity contribution in [2.24, 2.45) is 17.8 Å². The van der Waals surface area contributed by atoms with E-state index in [4.69, 9.17) is 5.11 Å². The van der Waals surface area contributed by atoms with E-state index in [1.165, 1.54) is 44.9 Å². The van der Waals surface area contributed by atoms with Crippen molar-refractivity contribution < 1.29 is 15.0 Å². The van der Waals surface area contributed by atoms with Crippen LogP contribution < -0.4 is 0 Å². The topological polar surface area (TPSA) is 57.5 Å². The Bertz CT molecular complexity index is 472. The zero-order chi connectivity index (χ0) is 18.4. The lowest BCUT2D eigenvalue weighted by atomic mass is 9.74. The standard InChI is InChI=1S/C22H36O3S/c23-17(15-16-7-5-6-8-16)11-12-19-18(20-13-14-21(19)26-20)9-3-1-2-4-10-22(24)25/h1,3,16-21,23H,2,4-15H2,(H,24,25)/t17?,18-,19+,20-,21+/m0/s1. The lowest BCUT2D eigenvalue weighted by Crippen LogP contribution is -2.28. The highest BCUT2D eigenvalue weighted by Gasteiger charge is 2.47. The molecule has 1 saturated carbocycles. The summed E-state index contributed by atoms with van der Waals surface area (Å²) in [6.45, 7) is 0. The van der Waals surface area contributed by atoms with E-state index in [-0.39, 0.29) is 12.5 Å². The van der Waals surface area contributed by atoms with Crippen molar-refractivity contribution in [3.8, 4) is 0 Å². The third-order valence-corrected chi connectivity index (χ3v) is 8.71. The molecule has 0 aromatic heterocycles. The number of hydrogen-bond acceptors (Lipinski definition) is 3. The van der Waals surface area contributed by atoms with Crippen molar-refractivity contribution in [2.45, 2.75) is 100 Å². The van der Waals surface area contributed by atoms with Gasteiger partial charge < -0.3 is 10.2 Å². The SMILES string of the molecule is O=C(O)CCCC=CC[C@H]1[C@@H](CCC(O)CC2CCCC2)[C@H]2CC[C@@H]1S2. The minimum atomic E-state index is -0.695. The van der Waals surface area contributed by atoms with Gasteiger partial charge in [-0.25, -0.2) is 0 Å². The molecule has 3 fully saturated rings. The zero-order valence-corrected chi connectivity index (χ0v) is 16.8. The molecule has 0 aromatic rings. The average Bonchev–Trinajstić information content (AvgIpc) is 3.33. The van der Waals surface area contributed by atoms with E-state index in [9.17, 15) is 9.90 Å². The number of fused-ring (bicyclic) bond motifs is 2. The minimum absolute atomic E-state index is 0.0885. The van der Waals surface area contributed by atoms with Crippen LogP contribution in [0, 0.1) is 17.8 Å². The van der Waals surface area contributed by atoms with Gasteiger partial charge in [-0.3, -0.25) is 4.79 Å². The van der Waals surface area contributed by atoms with Crippen LogP contribution in [0.2, 0.25) is 0 Å². The molecular weight excluding hydrogens is 344 g/mol. The second kappa shape index (κ2) is 10.2. The molecule has 148 valence electrons. The lowest BCUT2D eigenvalue weighted by molar-refractivity contribution is -0.137. The minimum Gasteiger partial charge on any atom is -0.481 e. The maximum atomic E-state index is 10.6. The van der Waals surface area contributed by atoms with Crippen molar-refractivity contribution in [2.75, 3.05) is 0 Å². The quantitative estimate of drug-likeness (QED) is 0.371. The number of carbonyl (C=O) groups is 1. The molecule has 2 N–H and O–H groups in total. The molecule has 5 atom stereocenters. The van der Waals surface area contributed by atoms with Crippen LogP contribution in [-0.2, 0) is 4.79 Å². The number of aliphatic hydroxyl groups excluding tert-OH is 1. The van der Waals surface area contributed by atoms with Crippen molar-refractivity contribution in [1.29, 1.82) is 0 Å². The highest BCUT2D eigenvalue weighted by Crippen LogP contribution is 2.55. The molecule has 3 aliphatic rings. The monoisotopic (exact) mass is 380 g/mol. The molecule has 3 nitrogen and oxygen atoms in total. The van der Waals surface area contributed by atoms with Gasteiger partial charge in [0.15, 0.2) is 0 Å². The molecule has 4 heteroatoms. The van der Waals surface area contributed by atoms with Crippen LogP contribution >= 0.6 is 11.8 Å². The Morgan fingerprint density at radius 1 is 1.08 bits per heavy atom. The Hall–Kier alpha value is -0.480. The number of allylic oxidation sites excluding steroid dienone is 2. The Balaban J connectivity index is 1.40. The predicted octanol–water partition coefficient (Wildman–Crippen LogP) is 5.42. The van der Waals surface area contributed by atoms with Gasteiger partial charge >= 0.3 is 5.97 Å². The molecule has 26 heavy (non-hydrogen) atoms. The number of carboxylic acids is 1. The molecule has 3 rings (SSSR count). The van der Waals surface area contributed by atoms with Crippen LogP contribution in [0.5, 0.6) is 0 Å². The van der Waals surface area contributed by atoms with Crippen LogP contribution in [0.4, 0.5) is 0 Å². The summed E-state index contributed by atoms with van der Waals surface area (Å²) < 4.78 is 0. The predicted molar refractivity (Wildman–Crippen MR) is 108 cm³/mol. The molecule has 0 aromatic carbocycles. The van der Waals surface area contributed by atoms with Gasteiger partial charge in [-0.05, 0) is 69.1 Å². The highest BCUT2D eigenvalue weighted by molar-refractivity contribution is 8.01. The van der Waals surface area contributed by atoms with Crippen molar-refractivity contribution in [3.05, 3.63) is 12.2 Å². The number of hydrogen-bond donors (Lipinski definition) is 2. The second-order valence-corrected chi connectivity index (χ2v) is 10.2. The molecule has 0 amide bonds. The molecule has 1 aliphatic carbocycles. The summed E-state index contributed by atoms with van der Waals surface area (Å²) in [6.07, 6.45) is 18.8. The van der Waals surface area contributed by atoms with Gasteiger partial charge in [0.25, 0.3) is 0 Å². The van der Waals surface area contributed by atoms with E-state index in [0.29, 0.717) is 0 Å². The normalized spacial score (nSPS) is 32.7. The number of thioether (sulfide) groups is 1. The van der Waals surface area contributed by atoms with Crippen molar-refractivity contribution >= 4 is 17.7 Å². The summed E-state index contributed by atoms with van der Waals surface area (Å²) in [4.78, 5) is 10.6. The third kappa shape index (κ3) is 5.76. The van der Waals surface area contributed by atoms with Gasteiger partial charge in [0.1, 0.15) is 0 Å². The summed E-state index contributed by atoms with van der Waals surface area (Å²) >= 11 is 2.21. The highest BCUT2D eigenvalue weighted by atomic mass is 32.2. The summed E-state index contributed by atoms with van der Waals surface area (Å²) in [6, 6.07) is 0. The number of aliphatic hydroxyl groups is 1. The van der Waals surface area contributed by atoms with Gasteiger partial charge in [-0.2, -0.15) is 11.8 Å². The van der Waals surface area contributed by atoms with E-state index in [0.717, 1.165) is 60.4 Å². The van der Waals surface area contributed by atoms with E-state index in [2.05, 4.69) is 23.9 Å². The fourth-order valence-corrected chi connectivity index (χ4v) is 7.52. The van der Waals surface area contributed by atoms with Gasteiger partial charge in [-0.1, -0.05) is 37.8 Å². The first kappa shape index (κ1) is 20.3. The van der Waals surface area contributed by atoms with Crippen molar-refractivity contribution in [3.63, 3.8) is 0 Å². The molecule has 0 spiro atoms. The summed E-state index contributed by atoms with van der Waals surface area (Å²) in [7, 11) is 0. The Morgan fingerprint density at radius 3 is 2.54 bits per heavy atom. The largest absolute Gasteiger partial charge is 0.481 e. The van der Waals surface area contributed by atoms with Crippen LogP contribution in [0.15, 0.2) is 12.2 Å². The van der Waals surface area contributed by atoms with Gasteiger partial charge in [0.05, 0.1) is 6.10 Å².